The van der Waals surface area contributed by atoms with E-state index in [9.17, 15) is 4.79 Å². The molecule has 0 spiro atoms. The molecule has 0 saturated heterocycles. The molecule has 0 aromatic carbocycles. The number of carbonyl (C=O) groups is 1. The average Bonchev–Trinajstić information content (AvgIpc) is 2.18. The lowest BCUT2D eigenvalue weighted by Gasteiger charge is -2.19. The highest BCUT2D eigenvalue weighted by atomic mass is 16.6. The Bertz CT molecular complexity index is 167. The van der Waals surface area contributed by atoms with Crippen LogP contribution in [0.2, 0.25) is 0 Å². The van der Waals surface area contributed by atoms with E-state index in [1.807, 2.05) is 34.6 Å². The Morgan fingerprint density at radius 1 is 1.19 bits per heavy atom. The van der Waals surface area contributed by atoms with Gasteiger partial charge in [-0.3, -0.25) is 0 Å². The largest absolute Gasteiger partial charge is 0.444 e. The molecule has 5 nitrogen and oxygen atoms in total. The third-order valence-electron chi connectivity index (χ3n) is 1.29. The van der Waals surface area contributed by atoms with Crippen LogP contribution in [0.5, 0.6) is 0 Å². The monoisotopic (exact) mass is 233 g/mol. The molecule has 4 N–H and O–H groups in total. The van der Waals surface area contributed by atoms with Crippen LogP contribution in [0.15, 0.2) is 0 Å². The number of alkyl carbamates (subject to hydrolysis) is 1. The molecule has 0 heterocycles. The second-order valence-electron chi connectivity index (χ2n) is 3.97. The van der Waals surface area contributed by atoms with Crippen molar-refractivity contribution in [2.45, 2.75) is 40.2 Å². The minimum absolute atomic E-state index is 0.382. The number of nitrogens with two attached hydrogens (primary N) is 1. The Labute approximate surface area is 99.1 Å². The van der Waals surface area contributed by atoms with Crippen LogP contribution >= 0.6 is 0 Å². The molecular weight excluding hydrogens is 206 g/mol. The quantitative estimate of drug-likeness (QED) is 0.621. The van der Waals surface area contributed by atoms with Gasteiger partial charge >= 0.3 is 6.09 Å². The topological polar surface area (TPSA) is 76.4 Å². The number of hydrogen-bond donors (Lipinski definition) is 3. The van der Waals surface area contributed by atoms with E-state index in [1.165, 1.54) is 0 Å². The van der Waals surface area contributed by atoms with E-state index >= 15 is 0 Å². The van der Waals surface area contributed by atoms with Crippen molar-refractivity contribution in [1.29, 1.82) is 0 Å². The minimum atomic E-state index is -0.436. The lowest BCUT2D eigenvalue weighted by molar-refractivity contribution is 0.0528. The van der Waals surface area contributed by atoms with Crippen LogP contribution < -0.4 is 16.4 Å². The first-order valence-corrected chi connectivity index (χ1v) is 5.83. The summed E-state index contributed by atoms with van der Waals surface area (Å²) in [5, 5.41) is 5.69. The molecule has 0 aliphatic rings. The van der Waals surface area contributed by atoms with Crippen LogP contribution in [0, 0.1) is 0 Å². The lowest BCUT2D eigenvalue weighted by Crippen LogP contribution is -2.37. The van der Waals surface area contributed by atoms with Crippen molar-refractivity contribution in [1.82, 2.24) is 10.6 Å². The van der Waals surface area contributed by atoms with Crippen LogP contribution in [0.3, 0.4) is 0 Å². The summed E-state index contributed by atoms with van der Waals surface area (Å²) in [6.45, 7) is 12.1. The molecule has 0 aromatic heterocycles. The van der Waals surface area contributed by atoms with Gasteiger partial charge in [0.25, 0.3) is 0 Å². The molecule has 0 aromatic rings. The van der Waals surface area contributed by atoms with E-state index < -0.39 is 5.60 Å². The van der Waals surface area contributed by atoms with Crippen molar-refractivity contribution >= 4 is 6.09 Å². The Morgan fingerprint density at radius 3 is 2.19 bits per heavy atom. The van der Waals surface area contributed by atoms with Gasteiger partial charge < -0.3 is 21.1 Å². The van der Waals surface area contributed by atoms with Gasteiger partial charge in [-0.05, 0) is 20.8 Å². The summed E-state index contributed by atoms with van der Waals surface area (Å²) in [7, 11) is 0. The van der Waals surface area contributed by atoms with Crippen molar-refractivity contribution in [3.8, 4) is 0 Å². The Kier molecular flexibility index (Phi) is 11.8. The first kappa shape index (κ1) is 17.6. The predicted molar refractivity (Wildman–Crippen MR) is 67.5 cm³/mol. The first-order valence-electron chi connectivity index (χ1n) is 5.83. The second kappa shape index (κ2) is 10.7. The van der Waals surface area contributed by atoms with Crippen molar-refractivity contribution < 1.29 is 9.53 Å². The SMILES string of the molecule is CC.CC(C)(C)OC(=O)NCCNCCN. The molecule has 0 bridgehead atoms. The van der Waals surface area contributed by atoms with Gasteiger partial charge in [0.15, 0.2) is 0 Å². The Morgan fingerprint density at radius 2 is 1.75 bits per heavy atom. The van der Waals surface area contributed by atoms with E-state index in [2.05, 4.69) is 10.6 Å². The van der Waals surface area contributed by atoms with Crippen LogP contribution in [0.1, 0.15) is 34.6 Å². The fourth-order valence-corrected chi connectivity index (χ4v) is 0.794. The maximum absolute atomic E-state index is 11.1. The van der Waals surface area contributed by atoms with Gasteiger partial charge in [0, 0.05) is 26.2 Å². The van der Waals surface area contributed by atoms with Crippen LogP contribution in [0.4, 0.5) is 4.79 Å². The van der Waals surface area contributed by atoms with Gasteiger partial charge in [-0.25, -0.2) is 4.79 Å². The molecule has 16 heavy (non-hydrogen) atoms. The zero-order chi connectivity index (χ0) is 13.0. The number of hydrogen-bond acceptors (Lipinski definition) is 4. The van der Waals surface area contributed by atoms with Crippen LogP contribution in [-0.2, 0) is 4.74 Å². The molecule has 1 amide bonds. The van der Waals surface area contributed by atoms with E-state index in [4.69, 9.17) is 10.5 Å². The van der Waals surface area contributed by atoms with Gasteiger partial charge in [0.05, 0.1) is 0 Å². The first-order chi connectivity index (χ1) is 7.45. The highest BCUT2D eigenvalue weighted by Crippen LogP contribution is 2.05. The van der Waals surface area contributed by atoms with E-state index in [0.29, 0.717) is 19.6 Å². The van der Waals surface area contributed by atoms with E-state index in [-0.39, 0.29) is 6.09 Å². The summed E-state index contributed by atoms with van der Waals surface area (Å²) in [6.07, 6.45) is -0.382. The summed E-state index contributed by atoms with van der Waals surface area (Å²) in [6, 6.07) is 0. The third kappa shape index (κ3) is 15.7. The maximum Gasteiger partial charge on any atom is 0.407 e. The van der Waals surface area contributed by atoms with Crippen molar-refractivity contribution in [2.75, 3.05) is 26.2 Å². The molecule has 0 rings (SSSR count). The highest BCUT2D eigenvalue weighted by molar-refractivity contribution is 5.67. The van der Waals surface area contributed by atoms with E-state index in [1.54, 1.807) is 0 Å². The molecule has 0 fully saturated rings. The number of rotatable bonds is 5. The minimum Gasteiger partial charge on any atom is -0.444 e. The maximum atomic E-state index is 11.1. The molecule has 0 aliphatic carbocycles. The van der Waals surface area contributed by atoms with Gasteiger partial charge in [0.2, 0.25) is 0 Å². The van der Waals surface area contributed by atoms with Gasteiger partial charge in [0.1, 0.15) is 5.60 Å². The number of carbonyl (C=O) groups excluding carboxylic acids is 1. The molecule has 98 valence electrons. The standard InChI is InChI=1S/C9H21N3O2.C2H6/c1-9(2,3)14-8(13)12-7-6-11-5-4-10;1-2/h11H,4-7,10H2,1-3H3,(H,12,13);1-2H3. The summed E-state index contributed by atoms with van der Waals surface area (Å²) in [5.74, 6) is 0. The summed E-state index contributed by atoms with van der Waals surface area (Å²) < 4.78 is 5.04. The Hall–Kier alpha value is -0.810. The van der Waals surface area contributed by atoms with Crippen molar-refractivity contribution in [3.63, 3.8) is 0 Å². The Balaban J connectivity index is 0. The van der Waals surface area contributed by atoms with Gasteiger partial charge in [-0.15, -0.1) is 0 Å². The average molecular weight is 233 g/mol. The zero-order valence-electron chi connectivity index (χ0n) is 11.2. The summed E-state index contributed by atoms with van der Waals surface area (Å²) in [4.78, 5) is 11.1. The molecule has 5 heteroatoms. The van der Waals surface area contributed by atoms with Gasteiger partial charge in [-0.2, -0.15) is 0 Å². The van der Waals surface area contributed by atoms with Gasteiger partial charge in [-0.1, -0.05) is 13.8 Å². The summed E-state index contributed by atoms with van der Waals surface area (Å²) >= 11 is 0. The van der Waals surface area contributed by atoms with Crippen LogP contribution in [0.25, 0.3) is 0 Å². The zero-order valence-corrected chi connectivity index (χ0v) is 11.2. The predicted octanol–water partition coefficient (Wildman–Crippen LogP) is 1.09. The van der Waals surface area contributed by atoms with Crippen molar-refractivity contribution in [3.05, 3.63) is 0 Å². The van der Waals surface area contributed by atoms with Crippen LogP contribution in [-0.4, -0.2) is 37.9 Å². The fraction of sp³-hybridized carbons (Fsp3) is 0.909. The molecule has 0 aliphatic heterocycles. The molecule has 0 saturated carbocycles. The molecule has 0 atom stereocenters. The lowest BCUT2D eigenvalue weighted by atomic mass is 10.2. The highest BCUT2D eigenvalue weighted by Gasteiger charge is 2.15. The molecule has 0 unspecified atom stereocenters. The smallest absolute Gasteiger partial charge is 0.407 e. The van der Waals surface area contributed by atoms with E-state index in [0.717, 1.165) is 6.54 Å². The molecule has 0 radical (unpaired) electrons. The normalized spacial score (nSPS) is 10.1. The number of ether oxygens (including phenoxy) is 1. The number of nitrogens with one attached hydrogen (secondary N) is 2. The second-order valence-corrected chi connectivity index (χ2v) is 3.97. The molecular formula is C11H27N3O2. The fourth-order valence-electron chi connectivity index (χ4n) is 0.794. The summed E-state index contributed by atoms with van der Waals surface area (Å²) in [5.41, 5.74) is 4.84. The number of amides is 1. The van der Waals surface area contributed by atoms with Crippen molar-refractivity contribution in [2.24, 2.45) is 5.73 Å². The third-order valence-corrected chi connectivity index (χ3v) is 1.29.